The topological polar surface area (TPSA) is 41.6 Å². The van der Waals surface area contributed by atoms with E-state index in [1.54, 1.807) is 5.01 Å². The van der Waals surface area contributed by atoms with Crippen LogP contribution in [0.4, 0.5) is 0 Å². The van der Waals surface area contributed by atoms with Crippen LogP contribution in [0.2, 0.25) is 0 Å². The van der Waals surface area contributed by atoms with Gasteiger partial charge >= 0.3 is 0 Å². The lowest BCUT2D eigenvalue weighted by Crippen LogP contribution is -2.45. The maximum absolute atomic E-state index is 11.8. The van der Waals surface area contributed by atoms with Crippen molar-refractivity contribution >= 4 is 5.91 Å². The third-order valence-corrected chi connectivity index (χ3v) is 3.34. The monoisotopic (exact) mass is 242 g/mol. The normalized spacial score (nSPS) is 20.0. The minimum atomic E-state index is -0.355. The first-order valence-electron chi connectivity index (χ1n) is 6.80. The average Bonchev–Trinajstić information content (AvgIpc) is 2.57. The highest BCUT2D eigenvalue weighted by molar-refractivity contribution is 5.79. The van der Waals surface area contributed by atoms with Gasteiger partial charge in [-0.05, 0) is 19.8 Å². The van der Waals surface area contributed by atoms with E-state index in [0.717, 1.165) is 19.4 Å². The van der Waals surface area contributed by atoms with Crippen LogP contribution in [-0.4, -0.2) is 36.7 Å². The van der Waals surface area contributed by atoms with Crippen LogP contribution in [0.25, 0.3) is 0 Å². The predicted octanol–water partition coefficient (Wildman–Crippen LogP) is 2.10. The van der Waals surface area contributed by atoms with Crippen molar-refractivity contribution in [3.05, 3.63) is 0 Å². The first-order chi connectivity index (χ1) is 8.13. The van der Waals surface area contributed by atoms with Crippen molar-refractivity contribution in [2.75, 3.05) is 13.6 Å². The fourth-order valence-corrected chi connectivity index (χ4v) is 2.09. The second kappa shape index (κ2) is 7.67. The summed E-state index contributed by atoms with van der Waals surface area (Å²) in [6.07, 6.45) is 7.18. The van der Waals surface area contributed by atoms with E-state index in [9.17, 15) is 4.79 Å². The van der Waals surface area contributed by atoms with E-state index in [2.05, 4.69) is 5.43 Å². The number of hydrazine groups is 1. The van der Waals surface area contributed by atoms with Crippen molar-refractivity contribution in [2.45, 2.75) is 64.6 Å². The maximum Gasteiger partial charge on any atom is 0.263 e. The highest BCUT2D eigenvalue weighted by Gasteiger charge is 2.20. The second-order valence-electron chi connectivity index (χ2n) is 4.88. The molecule has 0 saturated heterocycles. The summed E-state index contributed by atoms with van der Waals surface area (Å²) in [6.45, 7) is 4.63. The second-order valence-corrected chi connectivity index (χ2v) is 4.88. The summed E-state index contributed by atoms with van der Waals surface area (Å²) in [7, 11) is 1.86. The molecule has 17 heavy (non-hydrogen) atoms. The standard InChI is InChI=1S/C13H26N2O2/c1-4-15(3)14-13(16)11(2)17-12-9-7-5-6-8-10-12/h11-12H,4-10H2,1-3H3,(H,14,16). The van der Waals surface area contributed by atoms with Crippen LogP contribution in [0.3, 0.4) is 0 Å². The van der Waals surface area contributed by atoms with Gasteiger partial charge in [0.25, 0.3) is 5.91 Å². The number of nitrogens with zero attached hydrogens (tertiary/aromatic N) is 1. The van der Waals surface area contributed by atoms with Gasteiger partial charge in [0.1, 0.15) is 6.10 Å². The smallest absolute Gasteiger partial charge is 0.263 e. The molecule has 0 aromatic heterocycles. The Morgan fingerprint density at radius 2 is 1.94 bits per heavy atom. The maximum atomic E-state index is 11.8. The molecule has 0 spiro atoms. The number of carbonyl (C=O) groups is 1. The molecule has 1 amide bonds. The lowest BCUT2D eigenvalue weighted by Gasteiger charge is -2.23. The Balaban J connectivity index is 2.31. The molecule has 1 aliphatic carbocycles. The van der Waals surface area contributed by atoms with Crippen LogP contribution in [-0.2, 0) is 9.53 Å². The number of hydrogen-bond acceptors (Lipinski definition) is 3. The number of carbonyl (C=O) groups excluding carboxylic acids is 1. The molecule has 0 heterocycles. The number of hydrogen-bond donors (Lipinski definition) is 1. The highest BCUT2D eigenvalue weighted by Crippen LogP contribution is 2.20. The van der Waals surface area contributed by atoms with E-state index < -0.39 is 0 Å². The third kappa shape index (κ3) is 5.50. The zero-order valence-corrected chi connectivity index (χ0v) is 11.4. The van der Waals surface area contributed by atoms with Crippen LogP contribution in [0.15, 0.2) is 0 Å². The molecule has 4 heteroatoms. The molecule has 1 saturated carbocycles. The molecule has 1 fully saturated rings. The summed E-state index contributed by atoms with van der Waals surface area (Å²) in [5, 5.41) is 1.77. The Bertz CT molecular complexity index is 225. The van der Waals surface area contributed by atoms with Crippen molar-refractivity contribution in [3.8, 4) is 0 Å². The first-order valence-corrected chi connectivity index (χ1v) is 6.80. The van der Waals surface area contributed by atoms with Gasteiger partial charge in [0, 0.05) is 13.6 Å². The average molecular weight is 242 g/mol. The van der Waals surface area contributed by atoms with E-state index in [1.807, 2.05) is 20.9 Å². The Hall–Kier alpha value is -0.610. The molecule has 1 aliphatic rings. The van der Waals surface area contributed by atoms with Crippen molar-refractivity contribution in [2.24, 2.45) is 0 Å². The zero-order chi connectivity index (χ0) is 12.7. The molecule has 1 rings (SSSR count). The highest BCUT2D eigenvalue weighted by atomic mass is 16.5. The molecule has 100 valence electrons. The Labute approximate surface area is 105 Å². The van der Waals surface area contributed by atoms with Crippen LogP contribution >= 0.6 is 0 Å². The quantitative estimate of drug-likeness (QED) is 0.593. The molecular formula is C13H26N2O2. The summed E-state index contributed by atoms with van der Waals surface area (Å²) >= 11 is 0. The molecule has 1 atom stereocenters. The first kappa shape index (κ1) is 14.5. The van der Waals surface area contributed by atoms with Gasteiger partial charge in [-0.25, -0.2) is 5.01 Å². The van der Waals surface area contributed by atoms with Gasteiger partial charge in [0.05, 0.1) is 6.10 Å². The zero-order valence-electron chi connectivity index (χ0n) is 11.4. The van der Waals surface area contributed by atoms with Gasteiger partial charge < -0.3 is 4.74 Å². The summed E-state index contributed by atoms with van der Waals surface area (Å²) < 4.78 is 5.84. The molecule has 0 aliphatic heterocycles. The van der Waals surface area contributed by atoms with E-state index in [1.165, 1.54) is 25.7 Å². The number of amides is 1. The summed E-state index contributed by atoms with van der Waals surface area (Å²) in [5.41, 5.74) is 2.80. The Morgan fingerprint density at radius 1 is 1.35 bits per heavy atom. The fourth-order valence-electron chi connectivity index (χ4n) is 2.09. The SMILES string of the molecule is CCN(C)NC(=O)C(C)OC1CCCCCC1. The number of rotatable bonds is 5. The minimum absolute atomic E-state index is 0.0430. The molecule has 1 unspecified atom stereocenters. The molecule has 4 nitrogen and oxygen atoms in total. The van der Waals surface area contributed by atoms with E-state index >= 15 is 0 Å². The van der Waals surface area contributed by atoms with E-state index in [-0.39, 0.29) is 18.1 Å². The molecule has 0 bridgehead atoms. The van der Waals surface area contributed by atoms with Crippen molar-refractivity contribution < 1.29 is 9.53 Å². The van der Waals surface area contributed by atoms with Crippen LogP contribution in [0.5, 0.6) is 0 Å². The van der Waals surface area contributed by atoms with Gasteiger partial charge in [0.2, 0.25) is 0 Å². The van der Waals surface area contributed by atoms with Gasteiger partial charge in [-0.3, -0.25) is 10.2 Å². The molecule has 0 radical (unpaired) electrons. The van der Waals surface area contributed by atoms with Crippen LogP contribution in [0.1, 0.15) is 52.4 Å². The number of ether oxygens (including phenoxy) is 1. The van der Waals surface area contributed by atoms with Crippen LogP contribution in [0, 0.1) is 0 Å². The molecule has 0 aromatic rings. The lowest BCUT2D eigenvalue weighted by molar-refractivity contribution is -0.140. The van der Waals surface area contributed by atoms with Gasteiger partial charge in [-0.1, -0.05) is 32.6 Å². The molecular weight excluding hydrogens is 216 g/mol. The van der Waals surface area contributed by atoms with E-state index in [0.29, 0.717) is 0 Å². The third-order valence-electron chi connectivity index (χ3n) is 3.34. The minimum Gasteiger partial charge on any atom is -0.365 e. The van der Waals surface area contributed by atoms with Crippen LogP contribution < -0.4 is 5.43 Å². The lowest BCUT2D eigenvalue weighted by atomic mass is 10.1. The van der Waals surface area contributed by atoms with E-state index in [4.69, 9.17) is 4.74 Å². The van der Waals surface area contributed by atoms with Crippen molar-refractivity contribution in [3.63, 3.8) is 0 Å². The van der Waals surface area contributed by atoms with Gasteiger partial charge in [-0.2, -0.15) is 0 Å². The Kier molecular flexibility index (Phi) is 6.52. The molecule has 1 N–H and O–H groups in total. The largest absolute Gasteiger partial charge is 0.365 e. The number of nitrogens with one attached hydrogen (secondary N) is 1. The summed E-state index contributed by atoms with van der Waals surface area (Å²) in [5.74, 6) is -0.0430. The van der Waals surface area contributed by atoms with Crippen molar-refractivity contribution in [1.82, 2.24) is 10.4 Å². The van der Waals surface area contributed by atoms with Crippen molar-refractivity contribution in [1.29, 1.82) is 0 Å². The van der Waals surface area contributed by atoms with Gasteiger partial charge in [-0.15, -0.1) is 0 Å². The predicted molar refractivity (Wildman–Crippen MR) is 68.5 cm³/mol. The summed E-state index contributed by atoms with van der Waals surface area (Å²) in [6, 6.07) is 0. The van der Waals surface area contributed by atoms with Gasteiger partial charge in [0.15, 0.2) is 0 Å². The molecule has 0 aromatic carbocycles. The Morgan fingerprint density at radius 3 is 2.47 bits per heavy atom. The fraction of sp³-hybridized carbons (Fsp3) is 0.923. The summed E-state index contributed by atoms with van der Waals surface area (Å²) in [4.78, 5) is 11.8.